The fourth-order valence-corrected chi connectivity index (χ4v) is 7.64. The first kappa shape index (κ1) is 9.68. The van der Waals surface area contributed by atoms with Crippen LogP contribution in [0.3, 0.4) is 0 Å². The summed E-state index contributed by atoms with van der Waals surface area (Å²) in [6.07, 6.45) is 2.66. The van der Waals surface area contributed by atoms with Crippen molar-refractivity contribution >= 4 is 8.56 Å². The normalized spacial score (nSPS) is 43.4. The Balaban J connectivity index is 2.10. The van der Waals surface area contributed by atoms with E-state index in [0.29, 0.717) is 0 Å². The van der Waals surface area contributed by atoms with E-state index in [1.807, 2.05) is 14.2 Å². The van der Waals surface area contributed by atoms with Gasteiger partial charge >= 0.3 is 8.56 Å². The fraction of sp³-hybridized carbons (Fsp3) is 1.00. The summed E-state index contributed by atoms with van der Waals surface area (Å²) in [6.45, 7) is 4.63. The zero-order valence-electron chi connectivity index (χ0n) is 9.04. The largest absolute Gasteiger partial charge is 0.397 e. The molecule has 0 radical (unpaired) electrons. The van der Waals surface area contributed by atoms with E-state index in [2.05, 4.69) is 13.8 Å². The van der Waals surface area contributed by atoms with E-state index >= 15 is 0 Å². The molecule has 4 atom stereocenters. The lowest BCUT2D eigenvalue weighted by atomic mass is 10.5. The molecule has 3 heteroatoms. The van der Waals surface area contributed by atoms with Crippen molar-refractivity contribution in [1.82, 2.24) is 0 Å². The average molecular weight is 200 g/mol. The minimum Gasteiger partial charge on any atom is -0.397 e. The van der Waals surface area contributed by atoms with Crippen LogP contribution in [0, 0.1) is 11.8 Å². The summed E-state index contributed by atoms with van der Waals surface area (Å²) in [5.41, 5.74) is 1.55. The van der Waals surface area contributed by atoms with Gasteiger partial charge in [-0.1, -0.05) is 13.8 Å². The van der Waals surface area contributed by atoms with Crippen molar-refractivity contribution in [2.75, 3.05) is 14.2 Å². The van der Waals surface area contributed by atoms with Crippen molar-refractivity contribution in [3.63, 3.8) is 0 Å². The predicted octanol–water partition coefficient (Wildman–Crippen LogP) is 2.54. The molecule has 0 saturated heterocycles. The summed E-state index contributed by atoms with van der Waals surface area (Å²) >= 11 is 0. The molecule has 0 spiro atoms. The zero-order chi connectivity index (χ0) is 9.64. The summed E-state index contributed by atoms with van der Waals surface area (Å²) in [5, 5.41) is 0. The van der Waals surface area contributed by atoms with E-state index in [-0.39, 0.29) is 0 Å². The second-order valence-electron chi connectivity index (χ2n) is 4.77. The van der Waals surface area contributed by atoms with Gasteiger partial charge in [0.05, 0.1) is 0 Å². The Morgan fingerprint density at radius 3 is 1.38 bits per heavy atom. The van der Waals surface area contributed by atoms with E-state index in [1.165, 1.54) is 12.8 Å². The van der Waals surface area contributed by atoms with E-state index in [9.17, 15) is 0 Å². The average Bonchev–Trinajstić information content (AvgIpc) is 2.98. The molecule has 0 aliphatic heterocycles. The van der Waals surface area contributed by atoms with Gasteiger partial charge in [0.15, 0.2) is 0 Å². The molecule has 2 saturated carbocycles. The van der Waals surface area contributed by atoms with E-state index in [1.54, 1.807) is 0 Å². The summed E-state index contributed by atoms with van der Waals surface area (Å²) in [6, 6.07) is 0. The highest BCUT2D eigenvalue weighted by molar-refractivity contribution is 6.72. The van der Waals surface area contributed by atoms with Gasteiger partial charge in [0.25, 0.3) is 0 Å². The first-order chi connectivity index (χ1) is 6.15. The fourth-order valence-electron chi connectivity index (χ4n) is 2.73. The third-order valence-corrected chi connectivity index (χ3v) is 8.84. The third kappa shape index (κ3) is 1.37. The van der Waals surface area contributed by atoms with Crippen molar-refractivity contribution < 1.29 is 8.85 Å². The van der Waals surface area contributed by atoms with Crippen LogP contribution in [0.2, 0.25) is 11.1 Å². The first-order valence-electron chi connectivity index (χ1n) is 5.26. The number of hydrogen-bond donors (Lipinski definition) is 0. The molecule has 0 N–H and O–H groups in total. The Labute approximate surface area is 81.9 Å². The van der Waals surface area contributed by atoms with Crippen LogP contribution in [0.1, 0.15) is 26.7 Å². The summed E-state index contributed by atoms with van der Waals surface area (Å²) in [4.78, 5) is 0. The summed E-state index contributed by atoms with van der Waals surface area (Å²) < 4.78 is 11.6. The van der Waals surface area contributed by atoms with Crippen LogP contribution in [0.4, 0.5) is 0 Å². The molecule has 0 aromatic heterocycles. The highest BCUT2D eigenvalue weighted by Gasteiger charge is 2.65. The molecule has 2 nitrogen and oxygen atoms in total. The van der Waals surface area contributed by atoms with E-state index in [4.69, 9.17) is 8.85 Å². The molecule has 2 fully saturated rings. The van der Waals surface area contributed by atoms with Gasteiger partial charge in [0.1, 0.15) is 0 Å². The monoisotopic (exact) mass is 200 g/mol. The second-order valence-corrected chi connectivity index (χ2v) is 8.51. The number of hydrogen-bond acceptors (Lipinski definition) is 2. The van der Waals surface area contributed by atoms with Gasteiger partial charge in [-0.2, -0.15) is 0 Å². The van der Waals surface area contributed by atoms with Crippen molar-refractivity contribution in [3.8, 4) is 0 Å². The number of rotatable bonds is 4. The molecule has 2 aliphatic rings. The van der Waals surface area contributed by atoms with Crippen LogP contribution in [0.15, 0.2) is 0 Å². The van der Waals surface area contributed by atoms with Crippen molar-refractivity contribution in [2.45, 2.75) is 37.8 Å². The van der Waals surface area contributed by atoms with Crippen LogP contribution >= 0.6 is 0 Å². The topological polar surface area (TPSA) is 18.5 Å². The van der Waals surface area contributed by atoms with Crippen molar-refractivity contribution in [3.05, 3.63) is 0 Å². The molecule has 0 amide bonds. The molecule has 4 unspecified atom stereocenters. The van der Waals surface area contributed by atoms with Crippen LogP contribution < -0.4 is 0 Å². The quantitative estimate of drug-likeness (QED) is 0.649. The van der Waals surface area contributed by atoms with Gasteiger partial charge in [-0.15, -0.1) is 0 Å². The van der Waals surface area contributed by atoms with Gasteiger partial charge in [-0.25, -0.2) is 0 Å². The zero-order valence-corrected chi connectivity index (χ0v) is 10.0. The van der Waals surface area contributed by atoms with Crippen molar-refractivity contribution in [1.29, 1.82) is 0 Å². The molecular weight excluding hydrogens is 180 g/mol. The maximum Gasteiger partial charge on any atom is 0.344 e. The lowest BCUT2D eigenvalue weighted by Crippen LogP contribution is -2.42. The molecule has 2 aliphatic carbocycles. The van der Waals surface area contributed by atoms with Gasteiger partial charge in [-0.05, 0) is 24.7 Å². The maximum absolute atomic E-state index is 5.79. The van der Waals surface area contributed by atoms with Crippen LogP contribution in [0.25, 0.3) is 0 Å². The molecule has 0 heterocycles. The summed E-state index contributed by atoms with van der Waals surface area (Å²) in [5.74, 6) is 1.69. The minimum atomic E-state index is -1.80. The Bertz CT molecular complexity index is 185. The lowest BCUT2D eigenvalue weighted by Gasteiger charge is -2.28. The predicted molar refractivity (Wildman–Crippen MR) is 54.8 cm³/mol. The molecule has 0 aromatic rings. The molecular formula is C10H20O2Si. The molecule has 2 rings (SSSR count). The van der Waals surface area contributed by atoms with E-state index < -0.39 is 8.56 Å². The van der Waals surface area contributed by atoms with Gasteiger partial charge in [0.2, 0.25) is 0 Å². The Morgan fingerprint density at radius 2 is 1.23 bits per heavy atom. The third-order valence-electron chi connectivity index (χ3n) is 3.89. The molecule has 0 aromatic carbocycles. The maximum atomic E-state index is 5.79. The minimum absolute atomic E-state index is 0.775. The summed E-state index contributed by atoms with van der Waals surface area (Å²) in [7, 11) is 1.90. The lowest BCUT2D eigenvalue weighted by molar-refractivity contribution is 0.234. The second kappa shape index (κ2) is 3.07. The van der Waals surface area contributed by atoms with Crippen molar-refractivity contribution in [2.24, 2.45) is 11.8 Å². The van der Waals surface area contributed by atoms with Gasteiger partial charge in [-0.3, -0.25) is 0 Å². The molecule has 13 heavy (non-hydrogen) atoms. The molecule has 0 bridgehead atoms. The first-order valence-corrected chi connectivity index (χ1v) is 7.23. The van der Waals surface area contributed by atoms with E-state index in [0.717, 1.165) is 22.9 Å². The Kier molecular flexibility index (Phi) is 2.29. The standard InChI is InChI=1S/C10H20O2Si/c1-7-5-9(7)13(11-3,12-4)10-6-8(10)2/h7-10H,5-6H2,1-4H3. The van der Waals surface area contributed by atoms with Gasteiger partial charge in [0, 0.05) is 25.3 Å². The SMILES string of the molecule is CO[Si](OC)(C1CC1C)C1CC1C. The van der Waals surface area contributed by atoms with Gasteiger partial charge < -0.3 is 8.85 Å². The Morgan fingerprint density at radius 1 is 0.923 bits per heavy atom. The van der Waals surface area contributed by atoms with Crippen LogP contribution in [0.5, 0.6) is 0 Å². The smallest absolute Gasteiger partial charge is 0.344 e. The Hall–Kier alpha value is 0.137. The van der Waals surface area contributed by atoms with Crippen LogP contribution in [-0.4, -0.2) is 22.8 Å². The van der Waals surface area contributed by atoms with Crippen LogP contribution in [-0.2, 0) is 8.85 Å². The molecule has 76 valence electrons. The highest BCUT2D eigenvalue weighted by atomic mass is 28.4. The highest BCUT2D eigenvalue weighted by Crippen LogP contribution is 2.63.